The lowest BCUT2D eigenvalue weighted by molar-refractivity contribution is 0.0232. The molecular formula is C17H24ClNO2. The van der Waals surface area contributed by atoms with Gasteiger partial charge in [-0.2, -0.15) is 0 Å². The first-order chi connectivity index (χ1) is 9.81. The van der Waals surface area contributed by atoms with Crippen molar-refractivity contribution in [2.45, 2.75) is 45.8 Å². The van der Waals surface area contributed by atoms with Crippen molar-refractivity contribution in [2.75, 3.05) is 6.54 Å². The van der Waals surface area contributed by atoms with Crippen LogP contribution in [-0.2, 0) is 11.3 Å². The number of unbranched alkanes of at least 4 members (excludes halogenated alkanes) is 1. The zero-order valence-electron chi connectivity index (χ0n) is 13.1. The minimum absolute atomic E-state index is 0.290. The third-order valence-electron chi connectivity index (χ3n) is 2.77. The van der Waals surface area contributed by atoms with Crippen LogP contribution in [0.3, 0.4) is 0 Å². The SMILES string of the molecule is C=CCCCN(Cc1ccc(Cl)cc1)C(=O)OC(C)(C)C. The number of hydrogen-bond donors (Lipinski definition) is 0. The molecule has 116 valence electrons. The van der Waals surface area contributed by atoms with Gasteiger partial charge in [0.2, 0.25) is 0 Å². The highest BCUT2D eigenvalue weighted by molar-refractivity contribution is 6.30. The molecule has 1 amide bonds. The number of hydrogen-bond acceptors (Lipinski definition) is 2. The largest absolute Gasteiger partial charge is 0.444 e. The Morgan fingerprint density at radius 2 is 1.95 bits per heavy atom. The Balaban J connectivity index is 2.73. The molecule has 1 rings (SSSR count). The first-order valence-corrected chi connectivity index (χ1v) is 7.53. The zero-order valence-corrected chi connectivity index (χ0v) is 13.8. The quantitative estimate of drug-likeness (QED) is 0.544. The average molecular weight is 310 g/mol. The summed E-state index contributed by atoms with van der Waals surface area (Å²) in [6.45, 7) is 10.5. The number of amides is 1. The number of rotatable bonds is 6. The Bertz CT molecular complexity index is 463. The van der Waals surface area contributed by atoms with Crippen molar-refractivity contribution in [3.8, 4) is 0 Å². The summed E-state index contributed by atoms with van der Waals surface area (Å²) in [5.74, 6) is 0. The summed E-state index contributed by atoms with van der Waals surface area (Å²) in [6, 6.07) is 7.50. The van der Waals surface area contributed by atoms with Crippen molar-refractivity contribution < 1.29 is 9.53 Å². The third-order valence-corrected chi connectivity index (χ3v) is 3.03. The Morgan fingerprint density at radius 3 is 2.48 bits per heavy atom. The molecule has 0 aliphatic rings. The average Bonchev–Trinajstić information content (AvgIpc) is 2.38. The fourth-order valence-electron chi connectivity index (χ4n) is 1.80. The molecule has 0 atom stereocenters. The number of nitrogens with zero attached hydrogens (tertiary/aromatic N) is 1. The van der Waals surface area contributed by atoms with Crippen molar-refractivity contribution in [3.63, 3.8) is 0 Å². The van der Waals surface area contributed by atoms with Crippen LogP contribution >= 0.6 is 11.6 Å². The summed E-state index contributed by atoms with van der Waals surface area (Å²) in [5.41, 5.74) is 0.539. The van der Waals surface area contributed by atoms with Crippen molar-refractivity contribution in [1.29, 1.82) is 0 Å². The van der Waals surface area contributed by atoms with E-state index in [0.29, 0.717) is 18.1 Å². The fourth-order valence-corrected chi connectivity index (χ4v) is 1.92. The van der Waals surface area contributed by atoms with Crippen LogP contribution in [0.4, 0.5) is 4.79 Å². The zero-order chi connectivity index (χ0) is 15.9. The number of carbonyl (C=O) groups excluding carboxylic acids is 1. The van der Waals surface area contributed by atoms with E-state index in [4.69, 9.17) is 16.3 Å². The van der Waals surface area contributed by atoms with Crippen LogP contribution in [0.1, 0.15) is 39.2 Å². The monoisotopic (exact) mass is 309 g/mol. The molecule has 0 aliphatic heterocycles. The number of benzene rings is 1. The molecular weight excluding hydrogens is 286 g/mol. The van der Waals surface area contributed by atoms with Crippen molar-refractivity contribution in [2.24, 2.45) is 0 Å². The van der Waals surface area contributed by atoms with Crippen LogP contribution in [0.15, 0.2) is 36.9 Å². The summed E-state index contributed by atoms with van der Waals surface area (Å²) in [7, 11) is 0. The van der Waals surface area contributed by atoms with Gasteiger partial charge in [-0.15, -0.1) is 6.58 Å². The predicted molar refractivity (Wildman–Crippen MR) is 87.5 cm³/mol. The molecule has 1 aromatic rings. The highest BCUT2D eigenvalue weighted by Gasteiger charge is 2.21. The second kappa shape index (κ2) is 8.08. The van der Waals surface area contributed by atoms with Crippen LogP contribution in [0, 0.1) is 0 Å². The molecule has 0 fully saturated rings. The highest BCUT2D eigenvalue weighted by atomic mass is 35.5. The van der Waals surface area contributed by atoms with Gasteiger partial charge in [-0.1, -0.05) is 29.8 Å². The molecule has 1 aromatic carbocycles. The van der Waals surface area contributed by atoms with Crippen molar-refractivity contribution >= 4 is 17.7 Å². The first-order valence-electron chi connectivity index (χ1n) is 7.15. The summed E-state index contributed by atoms with van der Waals surface area (Å²) in [5, 5.41) is 0.689. The van der Waals surface area contributed by atoms with Gasteiger partial charge in [-0.25, -0.2) is 4.79 Å². The van der Waals surface area contributed by atoms with Crippen LogP contribution in [0.2, 0.25) is 5.02 Å². The molecule has 0 unspecified atom stereocenters. The maximum absolute atomic E-state index is 12.3. The third kappa shape index (κ3) is 7.19. The molecule has 3 nitrogen and oxygen atoms in total. The number of ether oxygens (including phenoxy) is 1. The van der Waals surface area contributed by atoms with E-state index in [-0.39, 0.29) is 6.09 Å². The van der Waals surface area contributed by atoms with E-state index in [1.807, 2.05) is 51.1 Å². The van der Waals surface area contributed by atoms with E-state index in [2.05, 4.69) is 6.58 Å². The molecule has 4 heteroatoms. The number of halogens is 1. The highest BCUT2D eigenvalue weighted by Crippen LogP contribution is 2.15. The lowest BCUT2D eigenvalue weighted by Gasteiger charge is -2.27. The molecule has 0 saturated carbocycles. The normalized spacial score (nSPS) is 11.0. The maximum Gasteiger partial charge on any atom is 0.410 e. The van der Waals surface area contributed by atoms with E-state index in [1.54, 1.807) is 4.90 Å². The minimum Gasteiger partial charge on any atom is -0.444 e. The number of allylic oxidation sites excluding steroid dienone is 1. The van der Waals surface area contributed by atoms with Gasteiger partial charge >= 0.3 is 6.09 Å². The first kappa shape index (κ1) is 17.6. The smallest absolute Gasteiger partial charge is 0.410 e. The second-order valence-corrected chi connectivity index (χ2v) is 6.40. The van der Waals surface area contributed by atoms with Crippen molar-refractivity contribution in [1.82, 2.24) is 4.90 Å². The van der Waals surface area contributed by atoms with Crippen LogP contribution in [-0.4, -0.2) is 23.1 Å². The van der Waals surface area contributed by atoms with Gasteiger partial charge < -0.3 is 9.64 Å². The molecule has 0 spiro atoms. The molecule has 21 heavy (non-hydrogen) atoms. The lowest BCUT2D eigenvalue weighted by atomic mass is 10.2. The number of carbonyl (C=O) groups is 1. The Hall–Kier alpha value is -1.48. The van der Waals surface area contributed by atoms with E-state index < -0.39 is 5.60 Å². The van der Waals surface area contributed by atoms with Gasteiger partial charge in [-0.3, -0.25) is 0 Å². The van der Waals surface area contributed by atoms with E-state index in [1.165, 1.54) is 0 Å². The Kier molecular flexibility index (Phi) is 6.76. The van der Waals surface area contributed by atoms with Gasteiger partial charge in [0.05, 0.1) is 0 Å². The summed E-state index contributed by atoms with van der Waals surface area (Å²) in [6.07, 6.45) is 3.31. The molecule has 0 aliphatic carbocycles. The summed E-state index contributed by atoms with van der Waals surface area (Å²) >= 11 is 5.88. The Labute approximate surface area is 132 Å². The molecule has 0 heterocycles. The van der Waals surface area contributed by atoms with E-state index >= 15 is 0 Å². The fraction of sp³-hybridized carbons (Fsp3) is 0.471. The van der Waals surface area contributed by atoms with Crippen LogP contribution in [0.25, 0.3) is 0 Å². The van der Waals surface area contributed by atoms with Crippen LogP contribution < -0.4 is 0 Å². The molecule has 0 saturated heterocycles. The van der Waals surface area contributed by atoms with E-state index in [0.717, 1.165) is 18.4 Å². The summed E-state index contributed by atoms with van der Waals surface area (Å²) < 4.78 is 5.46. The Morgan fingerprint density at radius 1 is 1.33 bits per heavy atom. The molecule has 0 bridgehead atoms. The predicted octanol–water partition coefficient (Wildman–Crippen LogP) is 5.04. The van der Waals surface area contributed by atoms with Crippen molar-refractivity contribution in [3.05, 3.63) is 47.5 Å². The summed E-state index contributed by atoms with van der Waals surface area (Å²) in [4.78, 5) is 14.0. The lowest BCUT2D eigenvalue weighted by Crippen LogP contribution is -2.37. The van der Waals surface area contributed by atoms with Gasteiger partial charge in [0.1, 0.15) is 5.60 Å². The van der Waals surface area contributed by atoms with Gasteiger partial charge in [0, 0.05) is 18.1 Å². The van der Waals surface area contributed by atoms with Crippen LogP contribution in [0.5, 0.6) is 0 Å². The maximum atomic E-state index is 12.3. The molecule has 0 aromatic heterocycles. The van der Waals surface area contributed by atoms with Gasteiger partial charge in [0.25, 0.3) is 0 Å². The molecule has 0 N–H and O–H groups in total. The second-order valence-electron chi connectivity index (χ2n) is 5.96. The topological polar surface area (TPSA) is 29.5 Å². The standard InChI is InChI=1S/C17H24ClNO2/c1-5-6-7-12-19(16(20)21-17(2,3)4)13-14-8-10-15(18)11-9-14/h5,8-11H,1,6-7,12-13H2,2-4H3. The van der Waals surface area contributed by atoms with Gasteiger partial charge in [0.15, 0.2) is 0 Å². The van der Waals surface area contributed by atoms with E-state index in [9.17, 15) is 4.79 Å². The minimum atomic E-state index is -0.492. The van der Waals surface area contributed by atoms with Gasteiger partial charge in [-0.05, 0) is 51.3 Å². The molecule has 0 radical (unpaired) electrons.